The molecule has 3 N–H and O–H groups in total. The number of nitrogen functional groups attached to an aromatic ring is 1. The van der Waals surface area contributed by atoms with E-state index in [2.05, 4.69) is 27.5 Å². The molecule has 0 fully saturated rings. The van der Waals surface area contributed by atoms with E-state index in [-0.39, 0.29) is 0 Å². The van der Waals surface area contributed by atoms with Crippen LogP contribution in [-0.4, -0.2) is 9.97 Å². The summed E-state index contributed by atoms with van der Waals surface area (Å²) in [6.07, 6.45) is 5.74. The molecule has 1 aliphatic rings. The summed E-state index contributed by atoms with van der Waals surface area (Å²) in [6, 6.07) is 6.26. The van der Waals surface area contributed by atoms with Gasteiger partial charge in [0.15, 0.2) is 0 Å². The Morgan fingerprint density at radius 3 is 2.90 bits per heavy atom. The minimum Gasteiger partial charge on any atom is -0.439 e. The molecule has 2 aromatic rings. The topological polar surface area (TPSA) is 73.1 Å². The smallest absolute Gasteiger partial charge is 0.227 e. The number of benzene rings is 1. The molecule has 0 bridgehead atoms. The van der Waals surface area contributed by atoms with Crippen LogP contribution in [0, 0.1) is 0 Å². The molecule has 1 aromatic heterocycles. The van der Waals surface area contributed by atoms with E-state index in [0.29, 0.717) is 11.7 Å². The Labute approximate surface area is 118 Å². The highest BCUT2D eigenvalue weighted by Gasteiger charge is 2.14. The third-order valence-corrected chi connectivity index (χ3v) is 3.68. The molecule has 5 nitrogen and oxygen atoms in total. The number of hydrogen-bond donors (Lipinski definition) is 2. The van der Waals surface area contributed by atoms with Gasteiger partial charge >= 0.3 is 0 Å². The van der Waals surface area contributed by atoms with Gasteiger partial charge in [-0.1, -0.05) is 13.0 Å². The first-order valence-corrected chi connectivity index (χ1v) is 6.92. The molecule has 0 saturated heterocycles. The molecule has 1 aromatic carbocycles. The Bertz CT molecular complexity index is 627. The van der Waals surface area contributed by atoms with Crippen LogP contribution in [0.4, 0.5) is 5.82 Å². The summed E-state index contributed by atoms with van der Waals surface area (Å²) < 4.78 is 5.92. The van der Waals surface area contributed by atoms with Gasteiger partial charge in [-0.25, -0.2) is 15.8 Å². The number of nitrogens with one attached hydrogen (secondary N) is 1. The molecule has 3 rings (SSSR count). The largest absolute Gasteiger partial charge is 0.439 e. The van der Waals surface area contributed by atoms with E-state index in [1.54, 1.807) is 0 Å². The molecular formula is C15H18N4O. The summed E-state index contributed by atoms with van der Waals surface area (Å²) in [5.74, 6) is 7.46. The van der Waals surface area contributed by atoms with Crippen LogP contribution < -0.4 is 16.0 Å². The standard InChI is InChI=1S/C15H18N4O/c1-2-13-14(19-16)17-9-18-15(13)20-12-7-6-10-4-3-5-11(10)8-12/h6-9H,2-5,16H2,1H3,(H,17,18,19). The van der Waals surface area contributed by atoms with Crippen LogP contribution in [-0.2, 0) is 19.3 Å². The number of hydrogen-bond acceptors (Lipinski definition) is 5. The number of aromatic nitrogens is 2. The van der Waals surface area contributed by atoms with Gasteiger partial charge in [0.25, 0.3) is 0 Å². The van der Waals surface area contributed by atoms with Crippen LogP contribution in [0.25, 0.3) is 0 Å². The van der Waals surface area contributed by atoms with Gasteiger partial charge in [-0.15, -0.1) is 0 Å². The van der Waals surface area contributed by atoms with Crippen molar-refractivity contribution in [3.05, 3.63) is 41.2 Å². The number of fused-ring (bicyclic) bond motifs is 1. The van der Waals surface area contributed by atoms with Gasteiger partial charge in [-0.3, -0.25) is 0 Å². The number of nitrogens with zero attached hydrogens (tertiary/aromatic N) is 2. The minimum atomic E-state index is 0.563. The predicted octanol–water partition coefficient (Wildman–Crippen LogP) is 2.61. The predicted molar refractivity (Wildman–Crippen MR) is 77.8 cm³/mol. The molecule has 0 radical (unpaired) electrons. The van der Waals surface area contributed by atoms with Gasteiger partial charge in [-0.05, 0) is 48.9 Å². The van der Waals surface area contributed by atoms with E-state index >= 15 is 0 Å². The average molecular weight is 270 g/mol. The first-order chi connectivity index (χ1) is 9.81. The van der Waals surface area contributed by atoms with Crippen molar-refractivity contribution in [2.45, 2.75) is 32.6 Å². The second-order valence-electron chi connectivity index (χ2n) is 4.89. The summed E-state index contributed by atoms with van der Waals surface area (Å²) in [6.45, 7) is 2.02. The summed E-state index contributed by atoms with van der Waals surface area (Å²) in [4.78, 5) is 8.32. The van der Waals surface area contributed by atoms with Crippen molar-refractivity contribution in [2.24, 2.45) is 5.84 Å². The van der Waals surface area contributed by atoms with E-state index < -0.39 is 0 Å². The summed E-state index contributed by atoms with van der Waals surface area (Å²) in [5, 5.41) is 0. The fourth-order valence-electron chi connectivity index (χ4n) is 2.65. The van der Waals surface area contributed by atoms with Gasteiger partial charge < -0.3 is 10.2 Å². The molecule has 1 aliphatic carbocycles. The molecule has 0 saturated carbocycles. The van der Waals surface area contributed by atoms with Crippen LogP contribution in [0.1, 0.15) is 30.0 Å². The van der Waals surface area contributed by atoms with E-state index in [4.69, 9.17) is 10.6 Å². The number of aryl methyl sites for hydroxylation is 2. The second kappa shape index (κ2) is 5.46. The van der Waals surface area contributed by atoms with Crippen molar-refractivity contribution in [3.8, 4) is 11.6 Å². The van der Waals surface area contributed by atoms with Crippen molar-refractivity contribution in [1.29, 1.82) is 0 Å². The number of rotatable bonds is 4. The first-order valence-electron chi connectivity index (χ1n) is 6.92. The van der Waals surface area contributed by atoms with Crippen LogP contribution in [0.15, 0.2) is 24.5 Å². The van der Waals surface area contributed by atoms with Crippen molar-refractivity contribution >= 4 is 5.82 Å². The third kappa shape index (κ3) is 2.32. The maximum atomic E-state index is 5.92. The highest BCUT2D eigenvalue weighted by atomic mass is 16.5. The van der Waals surface area contributed by atoms with Crippen molar-refractivity contribution in [1.82, 2.24) is 9.97 Å². The van der Waals surface area contributed by atoms with E-state index in [9.17, 15) is 0 Å². The Kier molecular flexibility index (Phi) is 3.52. The maximum absolute atomic E-state index is 5.92. The highest BCUT2D eigenvalue weighted by Crippen LogP contribution is 2.30. The molecule has 1 heterocycles. The van der Waals surface area contributed by atoms with Gasteiger partial charge in [0.2, 0.25) is 5.88 Å². The lowest BCUT2D eigenvalue weighted by Gasteiger charge is -2.12. The van der Waals surface area contributed by atoms with Crippen molar-refractivity contribution in [2.75, 3.05) is 5.43 Å². The lowest BCUT2D eigenvalue weighted by molar-refractivity contribution is 0.455. The zero-order valence-corrected chi connectivity index (χ0v) is 11.5. The molecule has 20 heavy (non-hydrogen) atoms. The van der Waals surface area contributed by atoms with Crippen molar-refractivity contribution < 1.29 is 4.74 Å². The van der Waals surface area contributed by atoms with Gasteiger partial charge in [0, 0.05) is 0 Å². The Hall–Kier alpha value is -2.14. The number of anilines is 1. The fraction of sp³-hybridized carbons (Fsp3) is 0.333. The quantitative estimate of drug-likeness (QED) is 0.660. The van der Waals surface area contributed by atoms with Crippen LogP contribution in [0.2, 0.25) is 0 Å². The van der Waals surface area contributed by atoms with Gasteiger partial charge in [0.1, 0.15) is 17.9 Å². The Morgan fingerprint density at radius 2 is 2.10 bits per heavy atom. The molecule has 0 amide bonds. The normalized spacial score (nSPS) is 13.1. The van der Waals surface area contributed by atoms with Crippen LogP contribution >= 0.6 is 0 Å². The minimum absolute atomic E-state index is 0.563. The van der Waals surface area contributed by atoms with E-state index in [0.717, 1.165) is 24.2 Å². The second-order valence-corrected chi connectivity index (χ2v) is 4.89. The number of nitrogens with two attached hydrogens (primary N) is 1. The van der Waals surface area contributed by atoms with Crippen molar-refractivity contribution in [3.63, 3.8) is 0 Å². The first kappa shape index (κ1) is 12.9. The molecule has 5 heteroatoms. The Balaban J connectivity index is 1.91. The molecule has 0 atom stereocenters. The zero-order chi connectivity index (χ0) is 13.9. The van der Waals surface area contributed by atoms with Gasteiger partial charge in [0.05, 0.1) is 5.56 Å². The number of ether oxygens (including phenoxy) is 1. The molecule has 0 aliphatic heterocycles. The molecule has 104 valence electrons. The highest BCUT2D eigenvalue weighted by molar-refractivity contribution is 5.49. The number of hydrazine groups is 1. The average Bonchev–Trinajstić information content (AvgIpc) is 2.94. The molecule has 0 unspecified atom stereocenters. The summed E-state index contributed by atoms with van der Waals surface area (Å²) >= 11 is 0. The monoisotopic (exact) mass is 270 g/mol. The summed E-state index contributed by atoms with van der Waals surface area (Å²) in [7, 11) is 0. The van der Waals surface area contributed by atoms with Crippen LogP contribution in [0.5, 0.6) is 11.6 Å². The van der Waals surface area contributed by atoms with E-state index in [1.807, 2.05) is 13.0 Å². The van der Waals surface area contributed by atoms with Gasteiger partial charge in [-0.2, -0.15) is 0 Å². The van der Waals surface area contributed by atoms with Crippen LogP contribution in [0.3, 0.4) is 0 Å². The SMILES string of the molecule is CCc1c(NN)ncnc1Oc1ccc2c(c1)CCC2. The maximum Gasteiger partial charge on any atom is 0.227 e. The Morgan fingerprint density at radius 1 is 1.25 bits per heavy atom. The zero-order valence-electron chi connectivity index (χ0n) is 11.5. The summed E-state index contributed by atoms with van der Waals surface area (Å²) in [5.41, 5.74) is 6.28. The lowest BCUT2D eigenvalue weighted by Crippen LogP contribution is -2.12. The van der Waals surface area contributed by atoms with E-state index in [1.165, 1.54) is 30.3 Å². The fourth-order valence-corrected chi connectivity index (χ4v) is 2.65. The third-order valence-electron chi connectivity index (χ3n) is 3.68. The molecule has 0 spiro atoms. The lowest BCUT2D eigenvalue weighted by atomic mass is 10.1. The molecular weight excluding hydrogens is 252 g/mol.